The molecular weight excluding hydrogens is 374 g/mol. The Morgan fingerprint density at radius 2 is 1.90 bits per heavy atom. The molecule has 1 unspecified atom stereocenters. The zero-order valence-electron chi connectivity index (χ0n) is 17.5. The largest absolute Gasteiger partial charge is 0.497 e. The van der Waals surface area contributed by atoms with Crippen LogP contribution in [0, 0.1) is 0 Å². The average molecular weight is 402 g/mol. The summed E-state index contributed by atoms with van der Waals surface area (Å²) in [4.78, 5) is 19.9. The minimum absolute atomic E-state index is 0.00245. The van der Waals surface area contributed by atoms with E-state index in [0.29, 0.717) is 6.54 Å². The molecule has 5 heteroatoms. The Hall–Kier alpha value is -3.18. The molecule has 2 heterocycles. The van der Waals surface area contributed by atoms with Crippen molar-refractivity contribution in [2.24, 2.45) is 0 Å². The topological polar surface area (TPSA) is 54.5 Å². The molecule has 154 valence electrons. The van der Waals surface area contributed by atoms with Gasteiger partial charge in [0.25, 0.3) is 0 Å². The van der Waals surface area contributed by atoms with E-state index < -0.39 is 5.54 Å². The maximum absolute atomic E-state index is 13.1. The number of amides is 1. The smallest absolute Gasteiger partial charge is 0.246 e. The first-order valence-corrected chi connectivity index (χ1v) is 10.3. The van der Waals surface area contributed by atoms with Gasteiger partial charge < -0.3 is 10.1 Å². The number of methoxy groups -OCH3 is 1. The van der Waals surface area contributed by atoms with Gasteiger partial charge in [0.05, 0.1) is 12.8 Å². The second kappa shape index (κ2) is 8.67. The van der Waals surface area contributed by atoms with Crippen LogP contribution in [0.5, 0.6) is 5.75 Å². The Morgan fingerprint density at radius 3 is 2.63 bits per heavy atom. The zero-order chi connectivity index (χ0) is 21.0. The number of likely N-dealkylation sites (N-methyl/N-ethyl adjacent to an activating group) is 1. The summed E-state index contributed by atoms with van der Waals surface area (Å²) in [5.74, 6) is 0.842. The van der Waals surface area contributed by atoms with Gasteiger partial charge in [-0.15, -0.1) is 0 Å². The third-order valence-corrected chi connectivity index (χ3v) is 5.90. The number of hydrogen-bond donors (Lipinski definition) is 1. The molecule has 1 saturated heterocycles. The van der Waals surface area contributed by atoms with Crippen molar-refractivity contribution in [2.45, 2.75) is 24.9 Å². The fraction of sp³-hybridized carbons (Fsp3) is 0.280. The molecular formula is C25H27N3O2. The van der Waals surface area contributed by atoms with Crippen molar-refractivity contribution >= 4 is 5.91 Å². The van der Waals surface area contributed by atoms with Crippen LogP contribution in [-0.2, 0) is 16.9 Å². The van der Waals surface area contributed by atoms with Crippen molar-refractivity contribution in [3.05, 3.63) is 84.2 Å². The van der Waals surface area contributed by atoms with Crippen molar-refractivity contribution in [1.82, 2.24) is 15.2 Å². The summed E-state index contributed by atoms with van der Waals surface area (Å²) in [6.45, 7) is 1.54. The van der Waals surface area contributed by atoms with E-state index in [2.05, 4.69) is 45.5 Å². The lowest BCUT2D eigenvalue weighted by Crippen LogP contribution is -2.52. The number of hydrogen-bond acceptors (Lipinski definition) is 4. The molecule has 0 saturated carbocycles. The minimum atomic E-state index is -0.734. The van der Waals surface area contributed by atoms with E-state index in [-0.39, 0.29) is 5.91 Å². The van der Waals surface area contributed by atoms with Crippen LogP contribution >= 0.6 is 0 Å². The lowest BCUT2D eigenvalue weighted by Gasteiger charge is -2.36. The molecule has 0 aliphatic carbocycles. The van der Waals surface area contributed by atoms with E-state index in [4.69, 9.17) is 4.74 Å². The van der Waals surface area contributed by atoms with Crippen molar-refractivity contribution in [2.75, 3.05) is 20.7 Å². The summed E-state index contributed by atoms with van der Waals surface area (Å²) < 4.78 is 5.37. The highest BCUT2D eigenvalue weighted by Gasteiger charge is 2.49. The Bertz CT molecular complexity index is 1020. The predicted molar refractivity (Wildman–Crippen MR) is 118 cm³/mol. The maximum Gasteiger partial charge on any atom is 0.246 e. The number of aromatic nitrogens is 1. The Balaban J connectivity index is 1.67. The standard InChI is InChI=1S/C25H27N3O2/c1-26-24(29)25(23-12-3-4-14-27-23)13-7-15-28(25)18-19-8-5-9-20(16-19)21-10-6-11-22(17-21)30-2/h3-6,8-12,14,16-17H,7,13,15,18H2,1-2H3,(H,26,29). The first-order valence-electron chi connectivity index (χ1n) is 10.3. The highest BCUT2D eigenvalue weighted by atomic mass is 16.5. The summed E-state index contributed by atoms with van der Waals surface area (Å²) in [7, 11) is 3.38. The SMILES string of the molecule is CNC(=O)C1(c2ccccn2)CCCN1Cc1cccc(-c2cccc(OC)c2)c1. The number of rotatable bonds is 6. The van der Waals surface area contributed by atoms with Gasteiger partial charge in [-0.05, 0) is 66.4 Å². The Labute approximate surface area is 177 Å². The van der Waals surface area contributed by atoms with Crippen molar-refractivity contribution < 1.29 is 9.53 Å². The first-order chi connectivity index (χ1) is 14.7. The molecule has 1 aliphatic rings. The van der Waals surface area contributed by atoms with Gasteiger partial charge in [0.15, 0.2) is 0 Å². The number of ether oxygens (including phenoxy) is 1. The number of nitrogens with zero attached hydrogens (tertiary/aromatic N) is 2. The molecule has 0 radical (unpaired) electrons. The Kier molecular flexibility index (Phi) is 5.81. The van der Waals surface area contributed by atoms with Crippen LogP contribution in [0.25, 0.3) is 11.1 Å². The molecule has 1 amide bonds. The van der Waals surface area contributed by atoms with Crippen LogP contribution in [0.2, 0.25) is 0 Å². The fourth-order valence-electron chi connectivity index (χ4n) is 4.44. The minimum Gasteiger partial charge on any atom is -0.497 e. The number of pyridine rings is 1. The molecule has 5 nitrogen and oxygen atoms in total. The monoisotopic (exact) mass is 401 g/mol. The van der Waals surface area contributed by atoms with Crippen LogP contribution in [0.4, 0.5) is 0 Å². The van der Waals surface area contributed by atoms with Gasteiger partial charge in [-0.3, -0.25) is 14.7 Å². The molecule has 1 fully saturated rings. The van der Waals surface area contributed by atoms with Crippen LogP contribution in [-0.4, -0.2) is 36.5 Å². The number of benzene rings is 2. The van der Waals surface area contributed by atoms with Gasteiger partial charge in [-0.25, -0.2) is 0 Å². The molecule has 4 rings (SSSR count). The molecule has 1 atom stereocenters. The van der Waals surface area contributed by atoms with Gasteiger partial charge in [-0.2, -0.15) is 0 Å². The third kappa shape index (κ3) is 3.68. The van der Waals surface area contributed by atoms with Crippen molar-refractivity contribution in [3.8, 4) is 16.9 Å². The third-order valence-electron chi connectivity index (χ3n) is 5.90. The second-order valence-corrected chi connectivity index (χ2v) is 7.61. The molecule has 1 N–H and O–H groups in total. The summed E-state index contributed by atoms with van der Waals surface area (Å²) >= 11 is 0. The van der Waals surface area contributed by atoms with E-state index in [1.807, 2.05) is 36.4 Å². The second-order valence-electron chi connectivity index (χ2n) is 7.61. The zero-order valence-corrected chi connectivity index (χ0v) is 17.5. The lowest BCUT2D eigenvalue weighted by molar-refractivity contribution is -0.132. The maximum atomic E-state index is 13.1. The van der Waals surface area contributed by atoms with E-state index >= 15 is 0 Å². The summed E-state index contributed by atoms with van der Waals surface area (Å²) in [5.41, 5.74) is 3.49. The molecule has 30 heavy (non-hydrogen) atoms. The van der Waals surface area contributed by atoms with Crippen LogP contribution in [0.1, 0.15) is 24.1 Å². The van der Waals surface area contributed by atoms with Crippen molar-refractivity contribution in [1.29, 1.82) is 0 Å². The number of likely N-dealkylation sites (tertiary alicyclic amines) is 1. The molecule has 0 bridgehead atoms. The molecule has 3 aromatic rings. The van der Waals surface area contributed by atoms with Crippen molar-refractivity contribution in [3.63, 3.8) is 0 Å². The van der Waals surface area contributed by atoms with E-state index in [1.54, 1.807) is 20.4 Å². The highest BCUT2D eigenvalue weighted by Crippen LogP contribution is 2.39. The summed E-state index contributed by atoms with van der Waals surface area (Å²) in [6, 6.07) is 22.4. The summed E-state index contributed by atoms with van der Waals surface area (Å²) in [6.07, 6.45) is 3.48. The van der Waals surface area contributed by atoms with Crippen LogP contribution in [0.15, 0.2) is 72.9 Å². The predicted octanol–water partition coefficient (Wildman–Crippen LogP) is 3.99. The normalized spacial score (nSPS) is 18.9. The van der Waals surface area contributed by atoms with Gasteiger partial charge >= 0.3 is 0 Å². The number of carbonyl (C=O) groups is 1. The quantitative estimate of drug-likeness (QED) is 0.678. The van der Waals surface area contributed by atoms with Gasteiger partial charge in [0.1, 0.15) is 11.3 Å². The Morgan fingerprint density at radius 1 is 1.10 bits per heavy atom. The number of nitrogens with one attached hydrogen (secondary N) is 1. The van der Waals surface area contributed by atoms with Gasteiger partial charge in [-0.1, -0.05) is 36.4 Å². The fourth-order valence-corrected chi connectivity index (χ4v) is 4.44. The van der Waals surface area contributed by atoms with Gasteiger partial charge in [0, 0.05) is 19.8 Å². The average Bonchev–Trinajstić information content (AvgIpc) is 3.23. The van der Waals surface area contributed by atoms with E-state index in [1.165, 1.54) is 5.56 Å². The molecule has 1 aliphatic heterocycles. The first kappa shape index (κ1) is 20.1. The highest BCUT2D eigenvalue weighted by molar-refractivity contribution is 5.87. The molecule has 1 aromatic heterocycles. The van der Waals surface area contributed by atoms with Crippen LogP contribution in [0.3, 0.4) is 0 Å². The van der Waals surface area contributed by atoms with E-state index in [0.717, 1.165) is 42.0 Å². The number of carbonyl (C=O) groups excluding carboxylic acids is 1. The lowest BCUT2D eigenvalue weighted by atomic mass is 9.89. The molecule has 2 aromatic carbocycles. The van der Waals surface area contributed by atoms with Gasteiger partial charge in [0.2, 0.25) is 5.91 Å². The van der Waals surface area contributed by atoms with E-state index in [9.17, 15) is 4.79 Å². The summed E-state index contributed by atoms with van der Waals surface area (Å²) in [5, 5.41) is 2.88. The molecule has 0 spiro atoms. The van der Waals surface area contributed by atoms with Crippen LogP contribution < -0.4 is 10.1 Å².